The molecule has 28 heavy (non-hydrogen) atoms. The Balaban J connectivity index is 1.62. The zero-order valence-corrected chi connectivity index (χ0v) is 17.6. The van der Waals surface area contributed by atoms with Gasteiger partial charge in [-0.25, -0.2) is 4.98 Å². The Bertz CT molecular complexity index is 935. The van der Waals surface area contributed by atoms with Crippen molar-refractivity contribution in [2.24, 2.45) is 0 Å². The van der Waals surface area contributed by atoms with Gasteiger partial charge in [-0.1, -0.05) is 23.2 Å². The first-order valence-corrected chi connectivity index (χ1v) is 10.5. The molecule has 1 fully saturated rings. The van der Waals surface area contributed by atoms with Crippen molar-refractivity contribution in [2.75, 3.05) is 38.3 Å². The van der Waals surface area contributed by atoms with Gasteiger partial charge < -0.3 is 14.5 Å². The van der Waals surface area contributed by atoms with E-state index in [0.29, 0.717) is 34.0 Å². The highest BCUT2D eigenvalue weighted by Gasteiger charge is 2.49. The molecule has 0 aliphatic carbocycles. The molecule has 3 heterocycles. The fourth-order valence-electron chi connectivity index (χ4n) is 4.11. The second-order valence-corrected chi connectivity index (χ2v) is 9.34. The molecule has 2 aliphatic rings. The van der Waals surface area contributed by atoms with Gasteiger partial charge in [0.15, 0.2) is 0 Å². The van der Waals surface area contributed by atoms with Crippen LogP contribution in [0, 0.1) is 0 Å². The molecule has 9 heteroatoms. The first kappa shape index (κ1) is 19.6. The van der Waals surface area contributed by atoms with Crippen molar-refractivity contribution >= 4 is 52.0 Å². The number of aromatic nitrogens is 1. The molecule has 1 aromatic heterocycles. The maximum atomic E-state index is 13.0. The lowest BCUT2D eigenvalue weighted by Gasteiger charge is -2.25. The van der Waals surface area contributed by atoms with Gasteiger partial charge in [0, 0.05) is 42.9 Å². The number of halogens is 2. The minimum Gasteiger partial charge on any atom is -0.375 e. The zero-order chi connectivity index (χ0) is 19.9. The third-order valence-electron chi connectivity index (χ3n) is 5.38. The molecule has 2 amide bonds. The molecule has 2 aliphatic heterocycles. The number of methoxy groups -OCH3 is 1. The van der Waals surface area contributed by atoms with Crippen LogP contribution in [-0.4, -0.2) is 55.0 Å². The quantitative estimate of drug-likeness (QED) is 0.733. The molecule has 0 saturated carbocycles. The van der Waals surface area contributed by atoms with Crippen LogP contribution in [0.1, 0.15) is 17.0 Å². The van der Waals surface area contributed by atoms with E-state index < -0.39 is 0 Å². The van der Waals surface area contributed by atoms with Gasteiger partial charge in [0.25, 0.3) is 0 Å². The normalized spacial score (nSPS) is 20.8. The monoisotopic (exact) mass is 439 g/mol. The molecule has 0 bridgehead atoms. The first-order chi connectivity index (χ1) is 13.4. The van der Waals surface area contributed by atoms with E-state index in [9.17, 15) is 9.59 Å². The van der Waals surface area contributed by atoms with Gasteiger partial charge >= 0.3 is 0 Å². The molecule has 4 rings (SSSR count). The van der Waals surface area contributed by atoms with Crippen molar-refractivity contribution in [3.63, 3.8) is 0 Å². The Morgan fingerprint density at radius 1 is 1.29 bits per heavy atom. The molecule has 148 valence electrons. The van der Waals surface area contributed by atoms with Gasteiger partial charge in [-0.3, -0.25) is 9.59 Å². The Morgan fingerprint density at radius 3 is 2.82 bits per heavy atom. The van der Waals surface area contributed by atoms with Gasteiger partial charge in [0.2, 0.25) is 11.8 Å². The van der Waals surface area contributed by atoms with Crippen LogP contribution in [0.4, 0.5) is 5.69 Å². The Kier molecular flexibility index (Phi) is 5.35. The number of benzene rings is 1. The molecular formula is C19H19Cl2N3O3S. The number of rotatable bonds is 4. The number of carbonyl (C=O) groups excluding carboxylic acids is 2. The number of thiazole rings is 1. The van der Waals surface area contributed by atoms with Crippen LogP contribution in [-0.2, 0) is 26.2 Å². The molecule has 1 saturated heterocycles. The second-order valence-electron chi connectivity index (χ2n) is 7.15. The van der Waals surface area contributed by atoms with E-state index in [0.717, 1.165) is 17.7 Å². The average molecular weight is 440 g/mol. The SMILES string of the molecule is COCC(=O)N1CC[C@@]2(C1)CN(C(=O)Cc1ncc(Cl)s1)c1ccc(Cl)cc12. The van der Waals surface area contributed by atoms with Gasteiger partial charge in [-0.15, -0.1) is 11.3 Å². The Morgan fingerprint density at radius 2 is 2.11 bits per heavy atom. The van der Waals surface area contributed by atoms with E-state index in [4.69, 9.17) is 27.9 Å². The van der Waals surface area contributed by atoms with Crippen LogP contribution < -0.4 is 4.90 Å². The van der Waals surface area contributed by atoms with Crippen molar-refractivity contribution in [1.82, 2.24) is 9.88 Å². The number of amides is 2. The van der Waals surface area contributed by atoms with Crippen molar-refractivity contribution in [3.8, 4) is 0 Å². The van der Waals surface area contributed by atoms with Crippen LogP contribution in [0.25, 0.3) is 0 Å². The highest BCUT2D eigenvalue weighted by Crippen LogP contribution is 2.47. The van der Waals surface area contributed by atoms with Crippen molar-refractivity contribution in [2.45, 2.75) is 18.3 Å². The second kappa shape index (κ2) is 7.63. The smallest absolute Gasteiger partial charge is 0.248 e. The molecule has 0 unspecified atom stereocenters. The topological polar surface area (TPSA) is 62.7 Å². The lowest BCUT2D eigenvalue weighted by atomic mass is 9.81. The van der Waals surface area contributed by atoms with Crippen molar-refractivity contribution in [1.29, 1.82) is 0 Å². The summed E-state index contributed by atoms with van der Waals surface area (Å²) in [5.41, 5.74) is 1.58. The highest BCUT2D eigenvalue weighted by atomic mass is 35.5. The van der Waals surface area contributed by atoms with E-state index >= 15 is 0 Å². The standard InChI is InChI=1S/C19H19Cl2N3O3S/c1-27-9-18(26)23-5-4-19(10-23)11-24(14-3-2-12(20)6-13(14)19)17(25)7-16-22-8-15(21)28-16/h2-3,6,8H,4-5,7,9-11H2,1H3/t19-/m1/s1. The van der Waals surface area contributed by atoms with Gasteiger partial charge in [-0.05, 0) is 30.2 Å². The summed E-state index contributed by atoms with van der Waals surface area (Å²) in [6.07, 6.45) is 2.54. The lowest BCUT2D eigenvalue weighted by molar-refractivity contribution is -0.134. The van der Waals surface area contributed by atoms with Crippen LogP contribution in [0.15, 0.2) is 24.4 Å². The number of carbonyl (C=O) groups is 2. The van der Waals surface area contributed by atoms with E-state index in [1.54, 1.807) is 17.2 Å². The Hall–Kier alpha value is -1.67. The van der Waals surface area contributed by atoms with Gasteiger partial charge in [0.05, 0.1) is 12.6 Å². The predicted molar refractivity (Wildman–Crippen MR) is 109 cm³/mol. The number of likely N-dealkylation sites (tertiary alicyclic amines) is 1. The summed E-state index contributed by atoms with van der Waals surface area (Å²) in [4.78, 5) is 33.1. The third-order valence-corrected chi connectivity index (χ3v) is 6.73. The minimum atomic E-state index is -0.306. The number of anilines is 1. The van der Waals surface area contributed by atoms with E-state index in [1.165, 1.54) is 18.4 Å². The molecule has 2 aromatic rings. The molecule has 0 N–H and O–H groups in total. The number of hydrogen-bond donors (Lipinski definition) is 0. The van der Waals surface area contributed by atoms with Crippen molar-refractivity contribution in [3.05, 3.63) is 44.3 Å². The average Bonchev–Trinajstić information content (AvgIpc) is 3.35. The van der Waals surface area contributed by atoms with Crippen LogP contribution in [0.3, 0.4) is 0 Å². The largest absolute Gasteiger partial charge is 0.375 e. The molecular weight excluding hydrogens is 421 g/mol. The van der Waals surface area contributed by atoms with Crippen molar-refractivity contribution < 1.29 is 14.3 Å². The number of fused-ring (bicyclic) bond motifs is 2. The molecule has 6 nitrogen and oxygen atoms in total. The minimum absolute atomic E-state index is 0.0341. The van der Waals surface area contributed by atoms with Crippen LogP contribution in [0.5, 0.6) is 0 Å². The highest BCUT2D eigenvalue weighted by molar-refractivity contribution is 7.15. The van der Waals surface area contributed by atoms with E-state index in [2.05, 4.69) is 4.98 Å². The summed E-state index contributed by atoms with van der Waals surface area (Å²) in [5, 5.41) is 1.32. The summed E-state index contributed by atoms with van der Waals surface area (Å²) < 4.78 is 5.56. The predicted octanol–water partition coefficient (Wildman–Crippen LogP) is 3.16. The number of hydrogen-bond acceptors (Lipinski definition) is 5. The van der Waals surface area contributed by atoms with E-state index in [1.807, 2.05) is 17.0 Å². The van der Waals surface area contributed by atoms with E-state index in [-0.39, 0.29) is 30.3 Å². The maximum Gasteiger partial charge on any atom is 0.248 e. The summed E-state index contributed by atoms with van der Waals surface area (Å²) in [5.74, 6) is -0.0710. The van der Waals surface area contributed by atoms with Gasteiger partial charge in [0.1, 0.15) is 16.0 Å². The van der Waals surface area contributed by atoms with Crippen LogP contribution >= 0.6 is 34.5 Å². The maximum absolute atomic E-state index is 13.0. The fourth-order valence-corrected chi connectivity index (χ4v) is 5.23. The summed E-state index contributed by atoms with van der Waals surface area (Å²) in [6.45, 7) is 1.77. The third kappa shape index (κ3) is 3.52. The zero-order valence-electron chi connectivity index (χ0n) is 15.3. The first-order valence-electron chi connectivity index (χ1n) is 8.89. The fraction of sp³-hybridized carbons (Fsp3) is 0.421. The molecule has 1 aromatic carbocycles. The molecule has 1 atom stereocenters. The molecule has 1 spiro atoms. The Labute approximate surface area is 177 Å². The van der Waals surface area contributed by atoms with Crippen LogP contribution in [0.2, 0.25) is 9.36 Å². The van der Waals surface area contributed by atoms with Gasteiger partial charge in [-0.2, -0.15) is 0 Å². The summed E-state index contributed by atoms with van der Waals surface area (Å²) in [6, 6.07) is 5.61. The molecule has 0 radical (unpaired) electrons. The summed E-state index contributed by atoms with van der Waals surface area (Å²) >= 11 is 13.5. The summed E-state index contributed by atoms with van der Waals surface area (Å²) in [7, 11) is 1.51. The number of ether oxygens (including phenoxy) is 1. The number of nitrogens with zero attached hydrogens (tertiary/aromatic N) is 3. The lowest BCUT2D eigenvalue weighted by Crippen LogP contribution is -2.41.